The summed E-state index contributed by atoms with van der Waals surface area (Å²) in [7, 11) is 0. The lowest BCUT2D eigenvalue weighted by atomic mass is 9.68. The van der Waals surface area contributed by atoms with Crippen molar-refractivity contribution in [2.45, 2.75) is 114 Å². The Bertz CT molecular complexity index is 1880. The number of hydrogen-bond acceptors (Lipinski definition) is 1. The van der Waals surface area contributed by atoms with Gasteiger partial charge in [0.05, 0.1) is 0 Å². The highest BCUT2D eigenvalue weighted by Gasteiger charge is 2.43. The van der Waals surface area contributed by atoms with Gasteiger partial charge in [0.2, 0.25) is 0 Å². The van der Waals surface area contributed by atoms with E-state index in [4.69, 9.17) is 0 Å². The third-order valence-corrected chi connectivity index (χ3v) is 12.9. The molecule has 4 aliphatic rings. The van der Waals surface area contributed by atoms with Crippen LogP contribution in [0.1, 0.15) is 130 Å². The first kappa shape index (κ1) is 30.9. The van der Waals surface area contributed by atoms with Crippen LogP contribution in [-0.2, 0) is 5.41 Å². The largest absolute Gasteiger partial charge is 0.310 e. The SMILES string of the molecule is c1ccc2c(c1)-c1ccc(N(c3ccc(-c4ccc(C5CCCCC5)cc4)cc3)c3ccc(C4CCCCC4)cc3)cc1C21CCCCC1. The Labute approximate surface area is 294 Å². The van der Waals surface area contributed by atoms with Crippen LogP contribution in [0.5, 0.6) is 0 Å². The molecule has 3 saturated carbocycles. The number of nitrogens with zero attached hydrogens (tertiary/aromatic N) is 1. The zero-order valence-electron chi connectivity index (χ0n) is 29.2. The van der Waals surface area contributed by atoms with Crippen LogP contribution in [-0.4, -0.2) is 0 Å². The molecule has 5 aromatic carbocycles. The standard InChI is InChI=1S/C48H51N/c1-4-12-35(13-5-1)37-18-20-38(21-19-37)40-24-28-42(29-25-40)49(41-26-22-39(23-27-41)36-14-6-2-7-15-36)43-30-31-45-44-16-8-9-17-46(44)48(47(45)34-43)32-10-3-11-33-48/h8-9,16-31,34-36H,1-7,10-15,32-33H2. The number of anilines is 3. The van der Waals surface area contributed by atoms with Crippen molar-refractivity contribution in [1.29, 1.82) is 0 Å². The average molecular weight is 642 g/mol. The fourth-order valence-corrected chi connectivity index (χ4v) is 10.2. The van der Waals surface area contributed by atoms with Crippen molar-refractivity contribution in [3.8, 4) is 22.3 Å². The molecule has 0 heterocycles. The van der Waals surface area contributed by atoms with Gasteiger partial charge >= 0.3 is 0 Å². The zero-order chi connectivity index (χ0) is 32.6. The van der Waals surface area contributed by atoms with E-state index in [0.29, 0.717) is 5.92 Å². The minimum absolute atomic E-state index is 0.143. The highest BCUT2D eigenvalue weighted by Crippen LogP contribution is 2.57. The van der Waals surface area contributed by atoms with E-state index in [2.05, 4.69) is 120 Å². The minimum Gasteiger partial charge on any atom is -0.310 e. The lowest BCUT2D eigenvalue weighted by molar-refractivity contribution is 0.353. The maximum Gasteiger partial charge on any atom is 0.0465 e. The molecular weight excluding hydrogens is 591 g/mol. The molecule has 9 rings (SSSR count). The van der Waals surface area contributed by atoms with Gasteiger partial charge in [-0.15, -0.1) is 0 Å². The van der Waals surface area contributed by atoms with Crippen LogP contribution in [0, 0.1) is 0 Å². The van der Waals surface area contributed by atoms with E-state index in [9.17, 15) is 0 Å². The summed E-state index contributed by atoms with van der Waals surface area (Å²) < 4.78 is 0. The van der Waals surface area contributed by atoms with Crippen LogP contribution in [0.25, 0.3) is 22.3 Å². The molecule has 0 atom stereocenters. The maximum atomic E-state index is 2.56. The van der Waals surface area contributed by atoms with Gasteiger partial charge in [0.15, 0.2) is 0 Å². The Hall–Kier alpha value is -4.10. The fraction of sp³-hybridized carbons (Fsp3) is 0.375. The second-order valence-electron chi connectivity index (χ2n) is 15.7. The van der Waals surface area contributed by atoms with Crippen molar-refractivity contribution in [2.75, 3.05) is 4.90 Å². The molecule has 0 saturated heterocycles. The van der Waals surface area contributed by atoms with E-state index in [1.807, 2.05) is 0 Å². The van der Waals surface area contributed by atoms with Crippen LogP contribution in [0.3, 0.4) is 0 Å². The van der Waals surface area contributed by atoms with Crippen LogP contribution >= 0.6 is 0 Å². The molecule has 0 N–H and O–H groups in total. The monoisotopic (exact) mass is 641 g/mol. The Kier molecular flexibility index (Phi) is 8.40. The van der Waals surface area contributed by atoms with Gasteiger partial charge in [0, 0.05) is 22.5 Å². The Morgan fingerprint density at radius 2 is 0.878 bits per heavy atom. The predicted octanol–water partition coefficient (Wildman–Crippen LogP) is 14.1. The molecule has 248 valence electrons. The number of fused-ring (bicyclic) bond motifs is 5. The molecular formula is C48H51N. The molecule has 5 aromatic rings. The fourth-order valence-electron chi connectivity index (χ4n) is 10.2. The van der Waals surface area contributed by atoms with Gasteiger partial charge in [-0.1, -0.05) is 137 Å². The first-order chi connectivity index (χ1) is 24.3. The maximum absolute atomic E-state index is 2.56. The molecule has 4 aliphatic carbocycles. The van der Waals surface area contributed by atoms with Crippen molar-refractivity contribution >= 4 is 17.1 Å². The van der Waals surface area contributed by atoms with Crippen LogP contribution < -0.4 is 4.90 Å². The van der Waals surface area contributed by atoms with E-state index in [1.54, 1.807) is 11.1 Å². The van der Waals surface area contributed by atoms with Crippen molar-refractivity contribution in [2.24, 2.45) is 0 Å². The van der Waals surface area contributed by atoms with Gasteiger partial charge in [0.25, 0.3) is 0 Å². The number of benzene rings is 5. The molecule has 49 heavy (non-hydrogen) atoms. The molecule has 0 radical (unpaired) electrons. The lowest BCUT2D eigenvalue weighted by Gasteiger charge is -2.36. The molecule has 0 aromatic heterocycles. The Morgan fingerprint density at radius 3 is 1.49 bits per heavy atom. The second kappa shape index (κ2) is 13.3. The Balaban J connectivity index is 1.09. The summed E-state index contributed by atoms with van der Waals surface area (Å²) in [5.74, 6) is 1.46. The first-order valence-electron chi connectivity index (χ1n) is 19.6. The summed E-state index contributed by atoms with van der Waals surface area (Å²) in [5.41, 5.74) is 15.5. The lowest BCUT2D eigenvalue weighted by Crippen LogP contribution is -2.28. The van der Waals surface area contributed by atoms with Crippen molar-refractivity contribution in [1.82, 2.24) is 0 Å². The predicted molar refractivity (Wildman–Crippen MR) is 208 cm³/mol. The quantitative estimate of drug-likeness (QED) is 0.178. The summed E-state index contributed by atoms with van der Waals surface area (Å²) in [4.78, 5) is 2.51. The second-order valence-corrected chi connectivity index (χ2v) is 15.7. The highest BCUT2D eigenvalue weighted by atomic mass is 15.1. The highest BCUT2D eigenvalue weighted by molar-refractivity contribution is 5.86. The first-order valence-corrected chi connectivity index (χ1v) is 19.6. The van der Waals surface area contributed by atoms with E-state index in [1.165, 1.54) is 147 Å². The van der Waals surface area contributed by atoms with E-state index in [-0.39, 0.29) is 5.41 Å². The summed E-state index contributed by atoms with van der Waals surface area (Å²) in [6.07, 6.45) is 20.2. The van der Waals surface area contributed by atoms with Gasteiger partial charge < -0.3 is 4.90 Å². The number of hydrogen-bond donors (Lipinski definition) is 0. The van der Waals surface area contributed by atoms with Gasteiger partial charge in [-0.2, -0.15) is 0 Å². The zero-order valence-corrected chi connectivity index (χ0v) is 29.2. The third-order valence-electron chi connectivity index (χ3n) is 12.9. The van der Waals surface area contributed by atoms with Crippen LogP contribution in [0.15, 0.2) is 115 Å². The third kappa shape index (κ3) is 5.74. The molecule has 1 nitrogen and oxygen atoms in total. The van der Waals surface area contributed by atoms with Gasteiger partial charge in [-0.25, -0.2) is 0 Å². The molecule has 0 unspecified atom stereocenters. The normalized spacial score (nSPS) is 19.0. The average Bonchev–Trinajstić information content (AvgIpc) is 3.44. The molecule has 3 fully saturated rings. The van der Waals surface area contributed by atoms with Crippen molar-refractivity contribution < 1.29 is 0 Å². The number of rotatable bonds is 6. The smallest absolute Gasteiger partial charge is 0.0465 e. The topological polar surface area (TPSA) is 3.24 Å². The van der Waals surface area contributed by atoms with Gasteiger partial charge in [-0.3, -0.25) is 0 Å². The van der Waals surface area contributed by atoms with E-state index < -0.39 is 0 Å². The minimum atomic E-state index is 0.143. The van der Waals surface area contributed by atoms with Crippen molar-refractivity contribution in [3.63, 3.8) is 0 Å². The van der Waals surface area contributed by atoms with Crippen LogP contribution in [0.2, 0.25) is 0 Å². The van der Waals surface area contributed by atoms with Crippen molar-refractivity contribution in [3.05, 3.63) is 138 Å². The van der Waals surface area contributed by atoms with Gasteiger partial charge in [0.1, 0.15) is 0 Å². The molecule has 0 bridgehead atoms. The molecule has 1 spiro atoms. The van der Waals surface area contributed by atoms with E-state index >= 15 is 0 Å². The molecule has 0 aliphatic heterocycles. The summed E-state index contributed by atoms with van der Waals surface area (Å²) in [5, 5.41) is 0. The van der Waals surface area contributed by atoms with E-state index in [0.717, 1.165) is 5.92 Å². The molecule has 0 amide bonds. The summed E-state index contributed by atoms with van der Waals surface area (Å²) in [6, 6.07) is 45.1. The van der Waals surface area contributed by atoms with Crippen LogP contribution in [0.4, 0.5) is 17.1 Å². The summed E-state index contributed by atoms with van der Waals surface area (Å²) >= 11 is 0. The summed E-state index contributed by atoms with van der Waals surface area (Å²) in [6.45, 7) is 0. The van der Waals surface area contributed by atoms with Gasteiger partial charge in [-0.05, 0) is 131 Å². The Morgan fingerprint density at radius 1 is 0.408 bits per heavy atom. The molecule has 1 heteroatoms.